The summed E-state index contributed by atoms with van der Waals surface area (Å²) < 4.78 is 59.9. The van der Waals surface area contributed by atoms with Gasteiger partial charge in [0.05, 0.1) is 19.1 Å². The quantitative estimate of drug-likeness (QED) is 0.184. The predicted molar refractivity (Wildman–Crippen MR) is 134 cm³/mol. The van der Waals surface area contributed by atoms with Gasteiger partial charge < -0.3 is 30.7 Å². The molecule has 0 spiro atoms. The summed E-state index contributed by atoms with van der Waals surface area (Å²) in [6.45, 7) is 2.02. The van der Waals surface area contributed by atoms with E-state index >= 15 is 0 Å². The van der Waals surface area contributed by atoms with Gasteiger partial charge in [-0.25, -0.2) is 9.18 Å². The summed E-state index contributed by atoms with van der Waals surface area (Å²) in [4.78, 5) is 72.5. The van der Waals surface area contributed by atoms with Crippen molar-refractivity contribution in [1.82, 2.24) is 21.3 Å². The van der Waals surface area contributed by atoms with Crippen molar-refractivity contribution in [3.8, 4) is 0 Å². The monoisotopic (exact) mass is 592 g/mol. The highest BCUT2D eigenvalue weighted by Gasteiger charge is 2.31. The molecule has 228 valence electrons. The molecule has 1 aromatic rings. The second-order valence-electron chi connectivity index (χ2n) is 9.09. The van der Waals surface area contributed by atoms with Crippen LogP contribution in [0.1, 0.15) is 38.3 Å². The number of hydrogen-bond donors (Lipinski definition) is 4. The lowest BCUT2D eigenvalue weighted by molar-refractivity contribution is -0.143. The summed E-state index contributed by atoms with van der Waals surface area (Å²) in [5, 5.41) is 9.04. The highest BCUT2D eigenvalue weighted by molar-refractivity contribution is 5.96. The summed E-state index contributed by atoms with van der Waals surface area (Å²) in [7, 11) is 1.05. The first-order chi connectivity index (χ1) is 19.1. The number of amides is 4. The van der Waals surface area contributed by atoms with E-state index in [1.807, 2.05) is 0 Å². The zero-order chi connectivity index (χ0) is 31.3. The lowest BCUT2D eigenvalue weighted by atomic mass is 10.0. The molecule has 0 aromatic heterocycles. The standard InChI is InChI=1S/C25H32F4N4O8/c1-13(2)21(23(38)31-14(3)22(37)32-17(18(34)10-26)9-20(36)40-4)33-19(35)11-30-24(39)41-12-15-5-7-16(8-6-15)25(27,28)29/h5-8,13-14,17,21H,9-12H2,1-4H3,(H,30,39)(H,31,38)(H,32,37)(H,33,35). The maximum atomic E-state index is 12.8. The van der Waals surface area contributed by atoms with Crippen LogP contribution in [0.5, 0.6) is 0 Å². The number of Topliss-reactive ketones (excluding diaryl/α,β-unsaturated/α-hetero) is 1. The number of ether oxygens (including phenoxy) is 2. The van der Waals surface area contributed by atoms with Gasteiger partial charge >= 0.3 is 18.2 Å². The van der Waals surface area contributed by atoms with Gasteiger partial charge in [-0.3, -0.25) is 24.0 Å². The molecule has 0 bridgehead atoms. The number of benzene rings is 1. The van der Waals surface area contributed by atoms with Crippen LogP contribution in [0.3, 0.4) is 0 Å². The van der Waals surface area contributed by atoms with Crippen LogP contribution < -0.4 is 21.3 Å². The third kappa shape index (κ3) is 12.2. The van der Waals surface area contributed by atoms with Crippen molar-refractivity contribution in [2.24, 2.45) is 5.92 Å². The summed E-state index contributed by atoms with van der Waals surface area (Å²) in [6.07, 6.45) is -6.17. The largest absolute Gasteiger partial charge is 0.469 e. The fourth-order valence-corrected chi connectivity index (χ4v) is 3.16. The molecule has 0 aliphatic carbocycles. The lowest BCUT2D eigenvalue weighted by Gasteiger charge is -2.24. The third-order valence-corrected chi connectivity index (χ3v) is 5.50. The van der Waals surface area contributed by atoms with Gasteiger partial charge in [0.1, 0.15) is 38.0 Å². The van der Waals surface area contributed by atoms with Crippen LogP contribution in [0, 0.1) is 5.92 Å². The lowest BCUT2D eigenvalue weighted by Crippen LogP contribution is -2.57. The number of rotatable bonds is 14. The van der Waals surface area contributed by atoms with E-state index in [4.69, 9.17) is 4.74 Å². The number of ketones is 1. The first kappa shape index (κ1) is 34.8. The first-order valence-corrected chi connectivity index (χ1v) is 12.2. The van der Waals surface area contributed by atoms with Crippen LogP contribution in [-0.4, -0.2) is 74.0 Å². The Bertz CT molecular complexity index is 1100. The van der Waals surface area contributed by atoms with E-state index in [0.29, 0.717) is 0 Å². The second-order valence-corrected chi connectivity index (χ2v) is 9.09. The molecule has 4 amide bonds. The van der Waals surface area contributed by atoms with Crippen LogP contribution in [0.25, 0.3) is 0 Å². The Morgan fingerprint density at radius 1 is 0.902 bits per heavy atom. The van der Waals surface area contributed by atoms with Crippen molar-refractivity contribution in [2.75, 3.05) is 20.3 Å². The molecule has 3 atom stereocenters. The number of methoxy groups -OCH3 is 1. The van der Waals surface area contributed by atoms with Gasteiger partial charge in [-0.1, -0.05) is 26.0 Å². The normalized spacial score (nSPS) is 13.3. The highest BCUT2D eigenvalue weighted by atomic mass is 19.4. The Balaban J connectivity index is 2.61. The molecule has 0 fully saturated rings. The van der Waals surface area contributed by atoms with Gasteiger partial charge in [-0.05, 0) is 30.5 Å². The zero-order valence-electron chi connectivity index (χ0n) is 22.7. The predicted octanol–water partition coefficient (Wildman–Crippen LogP) is 1.16. The Kier molecular flexibility index (Phi) is 13.7. The van der Waals surface area contributed by atoms with E-state index in [-0.39, 0.29) is 12.2 Å². The number of carbonyl (C=O) groups excluding carboxylic acids is 6. The Morgan fingerprint density at radius 2 is 1.51 bits per heavy atom. The molecule has 3 unspecified atom stereocenters. The number of hydrogen-bond acceptors (Lipinski definition) is 8. The fourth-order valence-electron chi connectivity index (χ4n) is 3.16. The molecule has 41 heavy (non-hydrogen) atoms. The molecular formula is C25H32F4N4O8. The van der Waals surface area contributed by atoms with Gasteiger partial charge in [-0.2, -0.15) is 13.2 Å². The number of halogens is 4. The summed E-state index contributed by atoms with van der Waals surface area (Å²) >= 11 is 0. The minimum atomic E-state index is -4.51. The van der Waals surface area contributed by atoms with E-state index in [2.05, 4.69) is 26.0 Å². The van der Waals surface area contributed by atoms with Gasteiger partial charge in [0.25, 0.3) is 0 Å². The number of nitrogens with one attached hydrogen (secondary N) is 4. The summed E-state index contributed by atoms with van der Waals surface area (Å²) in [6, 6.07) is -0.00813. The van der Waals surface area contributed by atoms with Gasteiger partial charge in [0.2, 0.25) is 17.7 Å². The molecule has 12 nitrogen and oxygen atoms in total. The average molecular weight is 593 g/mol. The number of esters is 1. The fraction of sp³-hybridized carbons (Fsp3) is 0.520. The molecule has 0 aliphatic rings. The third-order valence-electron chi connectivity index (χ3n) is 5.50. The molecular weight excluding hydrogens is 560 g/mol. The SMILES string of the molecule is COC(=O)CC(NC(=O)C(C)NC(=O)C(NC(=O)CNC(=O)OCc1ccc(C(F)(F)F)cc1)C(C)C)C(=O)CF. The van der Waals surface area contributed by atoms with Gasteiger partial charge in [0, 0.05) is 0 Å². The average Bonchev–Trinajstić information content (AvgIpc) is 2.91. The molecule has 16 heteroatoms. The van der Waals surface area contributed by atoms with E-state index in [1.165, 1.54) is 6.92 Å². The number of alkyl halides is 4. The number of alkyl carbamates (subject to hydrolysis) is 1. The van der Waals surface area contributed by atoms with Gasteiger partial charge in [-0.15, -0.1) is 0 Å². The Morgan fingerprint density at radius 3 is 2.02 bits per heavy atom. The molecule has 1 rings (SSSR count). The summed E-state index contributed by atoms with van der Waals surface area (Å²) in [5.74, 6) is -4.91. The minimum Gasteiger partial charge on any atom is -0.469 e. The van der Waals surface area contributed by atoms with Crippen LogP contribution in [0.15, 0.2) is 24.3 Å². The van der Waals surface area contributed by atoms with Crippen LogP contribution in [0.2, 0.25) is 0 Å². The van der Waals surface area contributed by atoms with Crippen LogP contribution >= 0.6 is 0 Å². The molecule has 0 saturated carbocycles. The second kappa shape index (κ2) is 16.1. The van der Waals surface area contributed by atoms with Crippen LogP contribution in [0.4, 0.5) is 22.4 Å². The molecule has 4 N–H and O–H groups in total. The van der Waals surface area contributed by atoms with E-state index < -0.39 is 91.0 Å². The molecule has 0 aliphatic heterocycles. The summed E-state index contributed by atoms with van der Waals surface area (Å²) in [5.41, 5.74) is -0.589. The van der Waals surface area contributed by atoms with E-state index in [0.717, 1.165) is 31.4 Å². The highest BCUT2D eigenvalue weighted by Crippen LogP contribution is 2.29. The maximum Gasteiger partial charge on any atom is 0.416 e. The van der Waals surface area contributed by atoms with Crippen molar-refractivity contribution in [3.63, 3.8) is 0 Å². The topological polar surface area (TPSA) is 169 Å². The zero-order valence-corrected chi connectivity index (χ0v) is 22.7. The smallest absolute Gasteiger partial charge is 0.416 e. The van der Waals surface area contributed by atoms with Crippen molar-refractivity contribution in [3.05, 3.63) is 35.4 Å². The molecule has 0 saturated heterocycles. The van der Waals surface area contributed by atoms with E-state index in [1.54, 1.807) is 13.8 Å². The molecule has 0 radical (unpaired) electrons. The van der Waals surface area contributed by atoms with Crippen molar-refractivity contribution in [1.29, 1.82) is 0 Å². The van der Waals surface area contributed by atoms with Crippen LogP contribution in [-0.2, 0) is 46.2 Å². The minimum absolute atomic E-state index is 0.276. The first-order valence-electron chi connectivity index (χ1n) is 12.2. The van der Waals surface area contributed by atoms with Crippen molar-refractivity contribution in [2.45, 2.75) is 58.1 Å². The van der Waals surface area contributed by atoms with E-state index in [9.17, 15) is 46.3 Å². The molecule has 0 heterocycles. The Hall–Kier alpha value is -4.24. The Labute approximate surface area is 232 Å². The van der Waals surface area contributed by atoms with Crippen molar-refractivity contribution < 1.29 is 55.8 Å². The number of carbonyl (C=O) groups is 6. The maximum absolute atomic E-state index is 12.8. The van der Waals surface area contributed by atoms with Gasteiger partial charge in [0.15, 0.2) is 5.78 Å². The van der Waals surface area contributed by atoms with Crippen molar-refractivity contribution >= 4 is 35.6 Å². The molecule has 1 aromatic carbocycles.